The van der Waals surface area contributed by atoms with Gasteiger partial charge in [0.25, 0.3) is 0 Å². The highest BCUT2D eigenvalue weighted by molar-refractivity contribution is 9.10. The van der Waals surface area contributed by atoms with Crippen molar-refractivity contribution in [2.75, 3.05) is 12.4 Å². The predicted molar refractivity (Wildman–Crippen MR) is 78.1 cm³/mol. The summed E-state index contributed by atoms with van der Waals surface area (Å²) in [6.07, 6.45) is 0.937. The van der Waals surface area contributed by atoms with E-state index in [-0.39, 0.29) is 0 Å². The van der Waals surface area contributed by atoms with Gasteiger partial charge < -0.3 is 5.32 Å². The maximum atomic E-state index is 4.40. The zero-order chi connectivity index (χ0) is 12.4. The topological polar surface area (TPSA) is 24.9 Å². The van der Waals surface area contributed by atoms with Gasteiger partial charge in [0.1, 0.15) is 4.60 Å². The van der Waals surface area contributed by atoms with Gasteiger partial charge in [0.2, 0.25) is 0 Å². The Hall–Kier alpha value is -0.870. The van der Waals surface area contributed by atoms with Crippen LogP contribution in [0.25, 0.3) is 0 Å². The fourth-order valence-corrected chi connectivity index (χ4v) is 3.27. The highest BCUT2D eigenvalue weighted by atomic mass is 79.9. The highest BCUT2D eigenvalue weighted by Gasteiger charge is 2.09. The lowest BCUT2D eigenvalue weighted by molar-refractivity contribution is 1.15. The lowest BCUT2D eigenvalue weighted by Gasteiger charge is -2.05. The molecule has 0 saturated heterocycles. The molecule has 4 heteroatoms. The minimum atomic E-state index is 0.937. The number of aromatic nitrogens is 1. The molecular weight excluding hydrogens is 296 g/mol. The van der Waals surface area contributed by atoms with E-state index in [2.05, 4.69) is 58.3 Å². The largest absolute Gasteiger partial charge is 0.365 e. The zero-order valence-corrected chi connectivity index (χ0v) is 12.6. The van der Waals surface area contributed by atoms with Crippen molar-refractivity contribution in [2.24, 2.45) is 0 Å². The number of anilines is 1. The van der Waals surface area contributed by atoms with Crippen LogP contribution in [0.1, 0.15) is 21.6 Å². The van der Waals surface area contributed by atoms with Gasteiger partial charge >= 0.3 is 0 Å². The maximum absolute atomic E-state index is 4.40. The van der Waals surface area contributed by atoms with Crippen molar-refractivity contribution >= 4 is 32.4 Å². The Balaban J connectivity index is 2.27. The van der Waals surface area contributed by atoms with E-state index >= 15 is 0 Å². The fraction of sp³-hybridized carbons (Fsp3) is 0.308. The summed E-state index contributed by atoms with van der Waals surface area (Å²) in [4.78, 5) is 5.66. The molecule has 1 N–H and O–H groups in total. The molecule has 2 rings (SSSR count). The molecule has 0 atom stereocenters. The quantitative estimate of drug-likeness (QED) is 0.921. The minimum Gasteiger partial charge on any atom is -0.365 e. The van der Waals surface area contributed by atoms with Crippen LogP contribution in [0.5, 0.6) is 0 Å². The fourth-order valence-electron chi connectivity index (χ4n) is 1.77. The lowest BCUT2D eigenvalue weighted by atomic mass is 10.0. The van der Waals surface area contributed by atoms with Gasteiger partial charge in [-0.2, -0.15) is 0 Å². The zero-order valence-electron chi connectivity index (χ0n) is 10.2. The van der Waals surface area contributed by atoms with Gasteiger partial charge in [0.15, 0.2) is 5.13 Å². The van der Waals surface area contributed by atoms with E-state index in [0.29, 0.717) is 0 Å². The Morgan fingerprint density at radius 1 is 1.35 bits per heavy atom. The van der Waals surface area contributed by atoms with Crippen molar-refractivity contribution in [3.63, 3.8) is 0 Å². The van der Waals surface area contributed by atoms with Crippen LogP contribution in [-0.2, 0) is 6.42 Å². The highest BCUT2D eigenvalue weighted by Crippen LogP contribution is 2.29. The average molecular weight is 311 g/mol. The van der Waals surface area contributed by atoms with E-state index in [1.165, 1.54) is 21.6 Å². The number of hydrogen-bond donors (Lipinski definition) is 1. The molecule has 1 heterocycles. The summed E-state index contributed by atoms with van der Waals surface area (Å²) in [5, 5.41) is 4.03. The van der Waals surface area contributed by atoms with Gasteiger partial charge in [-0.15, -0.1) is 11.3 Å². The molecule has 0 aliphatic heterocycles. The smallest absolute Gasteiger partial charge is 0.183 e. The lowest BCUT2D eigenvalue weighted by Crippen LogP contribution is -1.91. The number of thiazole rings is 1. The number of nitrogens with one attached hydrogen (secondary N) is 1. The van der Waals surface area contributed by atoms with Crippen molar-refractivity contribution < 1.29 is 0 Å². The SMILES string of the molecule is CNc1nc(Br)c(Cc2ccc(C)cc2C)s1. The van der Waals surface area contributed by atoms with E-state index in [0.717, 1.165) is 16.2 Å². The van der Waals surface area contributed by atoms with Crippen LogP contribution in [0.4, 0.5) is 5.13 Å². The van der Waals surface area contributed by atoms with Gasteiger partial charge in [-0.05, 0) is 40.9 Å². The predicted octanol–water partition coefficient (Wildman–Crippen LogP) is 4.15. The number of halogens is 1. The van der Waals surface area contributed by atoms with Gasteiger partial charge in [-0.1, -0.05) is 23.8 Å². The van der Waals surface area contributed by atoms with E-state index < -0.39 is 0 Å². The summed E-state index contributed by atoms with van der Waals surface area (Å²) >= 11 is 5.21. The number of nitrogens with zero attached hydrogens (tertiary/aromatic N) is 1. The molecule has 0 radical (unpaired) electrons. The number of benzene rings is 1. The van der Waals surface area contributed by atoms with Crippen molar-refractivity contribution in [2.45, 2.75) is 20.3 Å². The number of aryl methyl sites for hydroxylation is 2. The summed E-state index contributed by atoms with van der Waals surface area (Å²) < 4.78 is 0.951. The molecule has 0 spiro atoms. The summed E-state index contributed by atoms with van der Waals surface area (Å²) in [5.74, 6) is 0. The summed E-state index contributed by atoms with van der Waals surface area (Å²) in [6, 6.07) is 6.59. The van der Waals surface area contributed by atoms with Crippen LogP contribution in [0.2, 0.25) is 0 Å². The van der Waals surface area contributed by atoms with Gasteiger partial charge in [0.05, 0.1) is 0 Å². The van der Waals surface area contributed by atoms with Crippen molar-refractivity contribution in [3.8, 4) is 0 Å². The number of hydrogen-bond acceptors (Lipinski definition) is 3. The van der Waals surface area contributed by atoms with E-state index in [1.807, 2.05) is 7.05 Å². The van der Waals surface area contributed by atoms with Crippen LogP contribution in [0.3, 0.4) is 0 Å². The first-order chi connectivity index (χ1) is 8.10. The molecule has 0 amide bonds. The Labute approximate surface area is 114 Å². The standard InChI is InChI=1S/C13H15BrN2S/c1-8-4-5-10(9(2)6-8)7-11-12(14)16-13(15-3)17-11/h4-6H,7H2,1-3H3,(H,15,16). The van der Waals surface area contributed by atoms with E-state index in [9.17, 15) is 0 Å². The molecule has 0 bridgehead atoms. The van der Waals surface area contributed by atoms with Crippen molar-refractivity contribution in [1.82, 2.24) is 4.98 Å². The van der Waals surface area contributed by atoms with E-state index in [4.69, 9.17) is 0 Å². The van der Waals surface area contributed by atoms with E-state index in [1.54, 1.807) is 11.3 Å². The molecule has 1 aromatic heterocycles. The maximum Gasteiger partial charge on any atom is 0.183 e. The van der Waals surface area contributed by atoms with Gasteiger partial charge in [-0.3, -0.25) is 0 Å². The first kappa shape index (κ1) is 12.6. The van der Waals surface area contributed by atoms with Crippen molar-refractivity contribution in [1.29, 1.82) is 0 Å². The average Bonchev–Trinajstić information content (AvgIpc) is 2.64. The third kappa shape index (κ3) is 2.87. The Morgan fingerprint density at radius 2 is 2.12 bits per heavy atom. The molecule has 2 aromatic rings. The summed E-state index contributed by atoms with van der Waals surface area (Å²) in [5.41, 5.74) is 4.02. The minimum absolute atomic E-state index is 0.937. The van der Waals surface area contributed by atoms with Crippen LogP contribution in [0, 0.1) is 13.8 Å². The van der Waals surface area contributed by atoms with Crippen LogP contribution < -0.4 is 5.32 Å². The second-order valence-corrected chi connectivity index (χ2v) is 5.92. The van der Waals surface area contributed by atoms with Gasteiger partial charge in [0, 0.05) is 18.3 Å². The van der Waals surface area contributed by atoms with Crippen LogP contribution in [-0.4, -0.2) is 12.0 Å². The van der Waals surface area contributed by atoms with Gasteiger partial charge in [-0.25, -0.2) is 4.98 Å². The Bertz CT molecular complexity index is 534. The molecule has 0 unspecified atom stereocenters. The van der Waals surface area contributed by atoms with Crippen molar-refractivity contribution in [3.05, 3.63) is 44.4 Å². The molecule has 2 nitrogen and oxygen atoms in total. The molecule has 1 aromatic carbocycles. The van der Waals surface area contributed by atoms with Crippen LogP contribution >= 0.6 is 27.3 Å². The van der Waals surface area contributed by atoms with Crippen LogP contribution in [0.15, 0.2) is 22.8 Å². The Kier molecular flexibility index (Phi) is 3.84. The molecule has 17 heavy (non-hydrogen) atoms. The molecule has 0 fully saturated rings. The first-order valence-electron chi connectivity index (χ1n) is 5.49. The monoisotopic (exact) mass is 310 g/mol. The second kappa shape index (κ2) is 5.19. The third-order valence-electron chi connectivity index (χ3n) is 2.71. The molecule has 0 saturated carbocycles. The number of rotatable bonds is 3. The normalized spacial score (nSPS) is 10.6. The second-order valence-electron chi connectivity index (χ2n) is 4.09. The first-order valence-corrected chi connectivity index (χ1v) is 7.10. The Morgan fingerprint density at radius 3 is 2.71 bits per heavy atom. The summed E-state index contributed by atoms with van der Waals surface area (Å²) in [6.45, 7) is 4.29. The molecule has 0 aliphatic carbocycles. The molecular formula is C13H15BrN2S. The molecule has 0 aliphatic rings. The summed E-state index contributed by atoms with van der Waals surface area (Å²) in [7, 11) is 1.90. The third-order valence-corrected chi connectivity index (χ3v) is 4.70. The molecule has 90 valence electrons.